The fraction of sp³-hybridized carbons (Fsp3) is 0.688. The Morgan fingerprint density at radius 2 is 2.00 bits per heavy atom. The maximum atomic E-state index is 10.2. The van der Waals surface area contributed by atoms with E-state index in [1.165, 1.54) is 17.2 Å². The summed E-state index contributed by atoms with van der Waals surface area (Å²) in [6.07, 6.45) is -0.526. The molecule has 1 fully saturated rings. The first-order chi connectivity index (χ1) is 12.5. The Kier molecular flexibility index (Phi) is 5.68. The predicted molar refractivity (Wildman–Crippen MR) is 92.3 cm³/mol. The lowest BCUT2D eigenvalue weighted by Crippen LogP contribution is -2.33. The molecule has 0 aromatic carbocycles. The van der Waals surface area contributed by atoms with Gasteiger partial charge in [0.2, 0.25) is 0 Å². The van der Waals surface area contributed by atoms with Crippen molar-refractivity contribution >= 4 is 17.0 Å². The number of hydrogen-bond acceptors (Lipinski definition) is 9. The Morgan fingerprint density at radius 3 is 2.62 bits per heavy atom. The van der Waals surface area contributed by atoms with Crippen LogP contribution in [0.3, 0.4) is 0 Å². The molecule has 0 radical (unpaired) electrons. The average molecular weight is 367 g/mol. The van der Waals surface area contributed by atoms with Gasteiger partial charge in [0, 0.05) is 0 Å². The largest absolute Gasteiger partial charge is 0.394 e. The quantitative estimate of drug-likeness (QED) is 0.427. The first-order valence-corrected chi connectivity index (χ1v) is 8.69. The van der Waals surface area contributed by atoms with Crippen LogP contribution in [0.1, 0.15) is 26.5 Å². The number of aliphatic hydroxyl groups excluding tert-OH is 4. The number of anilines is 1. The molecule has 10 heteroatoms. The monoisotopic (exact) mass is 367 g/mol. The molecule has 26 heavy (non-hydrogen) atoms. The van der Waals surface area contributed by atoms with Gasteiger partial charge >= 0.3 is 0 Å². The molecule has 0 spiro atoms. The first-order valence-electron chi connectivity index (χ1n) is 8.69. The SMILES string of the molecule is CCC(C)C(CO)Nc1ncnc2c1ncn2C1OC(CO)C(O)C1O. The maximum absolute atomic E-state index is 10.2. The molecule has 0 aliphatic carbocycles. The van der Waals surface area contributed by atoms with Crippen LogP contribution in [-0.4, -0.2) is 77.5 Å². The number of aliphatic hydroxyl groups is 4. The third-order valence-corrected chi connectivity index (χ3v) is 5.00. The van der Waals surface area contributed by atoms with Gasteiger partial charge in [0.25, 0.3) is 0 Å². The summed E-state index contributed by atoms with van der Waals surface area (Å²) in [5.41, 5.74) is 0.880. The summed E-state index contributed by atoms with van der Waals surface area (Å²) in [6.45, 7) is 3.62. The lowest BCUT2D eigenvalue weighted by Gasteiger charge is -2.22. The van der Waals surface area contributed by atoms with E-state index < -0.39 is 31.1 Å². The third-order valence-electron chi connectivity index (χ3n) is 5.00. The van der Waals surface area contributed by atoms with Crippen molar-refractivity contribution < 1.29 is 25.2 Å². The average Bonchev–Trinajstić information content (AvgIpc) is 3.21. The third kappa shape index (κ3) is 3.26. The second-order valence-corrected chi connectivity index (χ2v) is 6.59. The zero-order valence-electron chi connectivity index (χ0n) is 14.7. The highest BCUT2D eigenvalue weighted by Gasteiger charge is 2.44. The van der Waals surface area contributed by atoms with Crippen LogP contribution in [0.5, 0.6) is 0 Å². The highest BCUT2D eigenvalue weighted by atomic mass is 16.6. The summed E-state index contributed by atoms with van der Waals surface area (Å²) in [5, 5.41) is 42.2. The Bertz CT molecular complexity index is 741. The smallest absolute Gasteiger partial charge is 0.167 e. The molecule has 0 saturated carbocycles. The summed E-state index contributed by atoms with van der Waals surface area (Å²) in [7, 11) is 0. The van der Waals surface area contributed by atoms with Crippen molar-refractivity contribution in [3.63, 3.8) is 0 Å². The molecule has 6 atom stereocenters. The molecule has 1 saturated heterocycles. The van der Waals surface area contributed by atoms with E-state index in [2.05, 4.69) is 20.3 Å². The van der Waals surface area contributed by atoms with Crippen molar-refractivity contribution in [1.29, 1.82) is 0 Å². The molecule has 5 N–H and O–H groups in total. The van der Waals surface area contributed by atoms with Crippen LogP contribution < -0.4 is 5.32 Å². The number of imidazole rings is 1. The van der Waals surface area contributed by atoms with Crippen molar-refractivity contribution in [2.24, 2.45) is 5.92 Å². The van der Waals surface area contributed by atoms with E-state index in [0.29, 0.717) is 17.0 Å². The van der Waals surface area contributed by atoms with Crippen LogP contribution in [0, 0.1) is 5.92 Å². The van der Waals surface area contributed by atoms with E-state index in [0.717, 1.165) is 6.42 Å². The second kappa shape index (κ2) is 7.80. The topological polar surface area (TPSA) is 146 Å². The molecule has 1 aliphatic rings. The van der Waals surface area contributed by atoms with E-state index in [1.807, 2.05) is 13.8 Å². The van der Waals surface area contributed by atoms with Crippen LogP contribution >= 0.6 is 0 Å². The molecule has 0 bridgehead atoms. The molecule has 2 aromatic rings. The molecule has 1 aliphatic heterocycles. The van der Waals surface area contributed by atoms with Gasteiger partial charge in [0.05, 0.1) is 25.6 Å². The van der Waals surface area contributed by atoms with Crippen LogP contribution in [0.15, 0.2) is 12.7 Å². The second-order valence-electron chi connectivity index (χ2n) is 6.59. The van der Waals surface area contributed by atoms with Crippen LogP contribution in [0.25, 0.3) is 11.2 Å². The molecule has 3 rings (SSSR count). The number of hydrogen-bond donors (Lipinski definition) is 5. The lowest BCUT2D eigenvalue weighted by molar-refractivity contribution is -0.0511. The van der Waals surface area contributed by atoms with Gasteiger partial charge in [0.15, 0.2) is 23.2 Å². The van der Waals surface area contributed by atoms with E-state index in [9.17, 15) is 20.4 Å². The van der Waals surface area contributed by atoms with Gasteiger partial charge in [-0.2, -0.15) is 0 Å². The summed E-state index contributed by atoms with van der Waals surface area (Å²) < 4.78 is 7.04. The standard InChI is InChI=1S/C16H25N5O5/c1-3-8(2)9(4-22)20-14-11-15(18-6-17-14)21(7-19-11)16-13(25)12(24)10(5-23)26-16/h6-10,12-13,16,22-25H,3-5H2,1-2H3,(H,17,18,20). The maximum Gasteiger partial charge on any atom is 0.167 e. The Labute approximate surface area is 150 Å². The van der Waals surface area contributed by atoms with Gasteiger partial charge in [0.1, 0.15) is 24.6 Å². The van der Waals surface area contributed by atoms with Crippen molar-refractivity contribution in [3.8, 4) is 0 Å². The number of nitrogens with zero attached hydrogens (tertiary/aromatic N) is 4. The number of fused-ring (bicyclic) bond motifs is 1. The fourth-order valence-electron chi connectivity index (χ4n) is 3.08. The highest BCUT2D eigenvalue weighted by molar-refractivity contribution is 5.82. The van der Waals surface area contributed by atoms with Crippen molar-refractivity contribution in [1.82, 2.24) is 19.5 Å². The molecule has 3 heterocycles. The van der Waals surface area contributed by atoms with E-state index in [4.69, 9.17) is 4.74 Å². The van der Waals surface area contributed by atoms with Crippen LogP contribution in [0.2, 0.25) is 0 Å². The van der Waals surface area contributed by atoms with Gasteiger partial charge in [-0.05, 0) is 5.92 Å². The van der Waals surface area contributed by atoms with E-state index in [-0.39, 0.29) is 18.6 Å². The summed E-state index contributed by atoms with van der Waals surface area (Å²) in [6, 6.07) is -0.183. The number of aromatic nitrogens is 4. The Morgan fingerprint density at radius 1 is 1.23 bits per heavy atom. The van der Waals surface area contributed by atoms with Gasteiger partial charge < -0.3 is 30.5 Å². The zero-order chi connectivity index (χ0) is 18.8. The van der Waals surface area contributed by atoms with Gasteiger partial charge in [-0.25, -0.2) is 15.0 Å². The lowest BCUT2D eigenvalue weighted by atomic mass is 10.00. The minimum atomic E-state index is -1.22. The number of rotatable bonds is 7. The molecule has 144 valence electrons. The molecular weight excluding hydrogens is 342 g/mol. The van der Waals surface area contributed by atoms with Crippen molar-refractivity contribution in [3.05, 3.63) is 12.7 Å². The van der Waals surface area contributed by atoms with Gasteiger partial charge in [-0.1, -0.05) is 20.3 Å². The summed E-state index contributed by atoms with van der Waals surface area (Å²) >= 11 is 0. The molecule has 6 unspecified atom stereocenters. The highest BCUT2D eigenvalue weighted by Crippen LogP contribution is 2.32. The van der Waals surface area contributed by atoms with Crippen LogP contribution in [-0.2, 0) is 4.74 Å². The van der Waals surface area contributed by atoms with Gasteiger partial charge in [-0.15, -0.1) is 0 Å². The van der Waals surface area contributed by atoms with Gasteiger partial charge in [-0.3, -0.25) is 4.57 Å². The Hall–Kier alpha value is -1.85. The number of ether oxygens (including phenoxy) is 1. The summed E-state index contributed by atoms with van der Waals surface area (Å²) in [5.74, 6) is 0.701. The Balaban J connectivity index is 1.92. The fourth-order valence-corrected chi connectivity index (χ4v) is 3.08. The minimum Gasteiger partial charge on any atom is -0.394 e. The predicted octanol–water partition coefficient (Wildman–Crippen LogP) is -0.743. The zero-order valence-corrected chi connectivity index (χ0v) is 14.7. The molecule has 10 nitrogen and oxygen atoms in total. The molecule has 0 amide bonds. The van der Waals surface area contributed by atoms with Crippen molar-refractivity contribution in [2.45, 2.75) is 50.8 Å². The molecule has 2 aromatic heterocycles. The summed E-state index contributed by atoms with van der Waals surface area (Å²) in [4.78, 5) is 12.7. The minimum absolute atomic E-state index is 0.0456. The van der Waals surface area contributed by atoms with E-state index >= 15 is 0 Å². The normalized spacial score (nSPS) is 28.4. The van der Waals surface area contributed by atoms with E-state index in [1.54, 1.807) is 0 Å². The molecular formula is C16H25N5O5. The van der Waals surface area contributed by atoms with Crippen LogP contribution in [0.4, 0.5) is 5.82 Å². The van der Waals surface area contributed by atoms with Crippen molar-refractivity contribution in [2.75, 3.05) is 18.5 Å². The first kappa shape index (κ1) is 18.9. The number of nitrogens with one attached hydrogen (secondary N) is 1.